The molecule has 0 bridgehead atoms. The Morgan fingerprint density at radius 3 is 2.80 bits per heavy atom. The molecule has 15 heavy (non-hydrogen) atoms. The van der Waals surface area contributed by atoms with Gasteiger partial charge < -0.3 is 5.32 Å². The number of nitrogens with one attached hydrogen (secondary N) is 1. The van der Waals surface area contributed by atoms with Gasteiger partial charge in [0.25, 0.3) is 0 Å². The van der Waals surface area contributed by atoms with E-state index in [0.717, 1.165) is 23.3 Å². The summed E-state index contributed by atoms with van der Waals surface area (Å²) in [4.78, 5) is 2.70. The van der Waals surface area contributed by atoms with E-state index >= 15 is 0 Å². The van der Waals surface area contributed by atoms with Gasteiger partial charge in [-0.25, -0.2) is 0 Å². The fourth-order valence-electron chi connectivity index (χ4n) is 2.72. The second kappa shape index (κ2) is 5.07. The van der Waals surface area contributed by atoms with Crippen molar-refractivity contribution in [1.29, 1.82) is 0 Å². The molecule has 2 aliphatic heterocycles. The summed E-state index contributed by atoms with van der Waals surface area (Å²) in [5.41, 5.74) is 0. The average molecular weight is 228 g/mol. The van der Waals surface area contributed by atoms with Gasteiger partial charge >= 0.3 is 0 Å². The minimum atomic E-state index is 0.724. The molecule has 0 aromatic carbocycles. The first-order valence-corrected chi connectivity index (χ1v) is 7.32. The normalized spacial score (nSPS) is 43.4. The molecule has 0 aromatic rings. The maximum atomic E-state index is 3.55. The summed E-state index contributed by atoms with van der Waals surface area (Å²) >= 11 is 2.13. The second-order valence-electron chi connectivity index (χ2n) is 5.10. The highest BCUT2D eigenvalue weighted by Gasteiger charge is 2.30. The molecule has 2 heterocycles. The van der Waals surface area contributed by atoms with Gasteiger partial charge in [-0.2, -0.15) is 11.8 Å². The van der Waals surface area contributed by atoms with E-state index in [1.165, 1.54) is 31.8 Å². The number of thioether (sulfide) groups is 1. The van der Waals surface area contributed by atoms with Crippen LogP contribution in [0.15, 0.2) is 0 Å². The molecular weight excluding hydrogens is 204 g/mol. The maximum absolute atomic E-state index is 3.55. The highest BCUT2D eigenvalue weighted by atomic mass is 32.2. The Morgan fingerprint density at radius 2 is 2.13 bits per heavy atom. The average Bonchev–Trinajstić information content (AvgIpc) is 2.60. The lowest BCUT2D eigenvalue weighted by Crippen LogP contribution is -2.47. The van der Waals surface area contributed by atoms with Gasteiger partial charge in [-0.05, 0) is 32.7 Å². The van der Waals surface area contributed by atoms with Gasteiger partial charge in [0, 0.05) is 36.2 Å². The van der Waals surface area contributed by atoms with Crippen LogP contribution in [0.2, 0.25) is 0 Å². The van der Waals surface area contributed by atoms with Gasteiger partial charge in [0.1, 0.15) is 0 Å². The number of hydrogen-bond acceptors (Lipinski definition) is 3. The fraction of sp³-hybridized carbons (Fsp3) is 1.00. The molecule has 2 nitrogen and oxygen atoms in total. The van der Waals surface area contributed by atoms with Gasteiger partial charge in [-0.15, -0.1) is 0 Å². The van der Waals surface area contributed by atoms with Crippen molar-refractivity contribution >= 4 is 11.8 Å². The number of hydrogen-bond donors (Lipinski definition) is 1. The lowest BCUT2D eigenvalue weighted by atomic mass is 10.0. The smallest absolute Gasteiger partial charge is 0.0184 e. The largest absolute Gasteiger partial charge is 0.314 e. The van der Waals surface area contributed by atoms with Crippen LogP contribution in [0.4, 0.5) is 0 Å². The van der Waals surface area contributed by atoms with E-state index in [0.29, 0.717) is 0 Å². The Bertz CT molecular complexity index is 210. The SMILES string of the molecule is CC1NCCC1CN1CCSC(C)C1C. The first-order chi connectivity index (χ1) is 7.18. The highest BCUT2D eigenvalue weighted by molar-refractivity contribution is 8.00. The highest BCUT2D eigenvalue weighted by Crippen LogP contribution is 2.26. The molecule has 0 aromatic heterocycles. The molecule has 0 aliphatic carbocycles. The number of rotatable bonds is 2. The standard InChI is InChI=1S/C12H24N2S/c1-9-12(4-5-13-9)8-14-6-7-15-11(3)10(14)2/h9-13H,4-8H2,1-3H3. The van der Waals surface area contributed by atoms with E-state index in [1.807, 2.05) is 0 Å². The zero-order valence-electron chi connectivity index (χ0n) is 10.2. The van der Waals surface area contributed by atoms with Crippen molar-refractivity contribution in [1.82, 2.24) is 10.2 Å². The predicted octanol–water partition coefficient (Wildman–Crippen LogP) is 1.81. The monoisotopic (exact) mass is 228 g/mol. The van der Waals surface area contributed by atoms with Crippen molar-refractivity contribution in [2.45, 2.75) is 44.5 Å². The van der Waals surface area contributed by atoms with Crippen LogP contribution < -0.4 is 5.32 Å². The van der Waals surface area contributed by atoms with Crippen LogP contribution >= 0.6 is 11.8 Å². The topological polar surface area (TPSA) is 15.3 Å². The third kappa shape index (κ3) is 2.69. The molecule has 2 rings (SSSR count). The molecule has 0 spiro atoms. The van der Waals surface area contributed by atoms with E-state index in [2.05, 4.69) is 42.7 Å². The van der Waals surface area contributed by atoms with E-state index in [-0.39, 0.29) is 0 Å². The van der Waals surface area contributed by atoms with Crippen LogP contribution in [0, 0.1) is 5.92 Å². The Kier molecular flexibility index (Phi) is 3.97. The van der Waals surface area contributed by atoms with Gasteiger partial charge in [0.15, 0.2) is 0 Å². The molecule has 88 valence electrons. The van der Waals surface area contributed by atoms with Gasteiger partial charge in [-0.1, -0.05) is 6.92 Å². The quantitative estimate of drug-likeness (QED) is 0.776. The minimum absolute atomic E-state index is 0.724. The predicted molar refractivity (Wildman–Crippen MR) is 68.5 cm³/mol. The van der Waals surface area contributed by atoms with Crippen LogP contribution in [-0.4, -0.2) is 47.6 Å². The minimum Gasteiger partial charge on any atom is -0.314 e. The molecule has 3 heteroatoms. The van der Waals surface area contributed by atoms with E-state index in [1.54, 1.807) is 0 Å². The number of nitrogens with zero attached hydrogens (tertiary/aromatic N) is 1. The van der Waals surface area contributed by atoms with Crippen molar-refractivity contribution in [3.05, 3.63) is 0 Å². The zero-order chi connectivity index (χ0) is 10.8. The summed E-state index contributed by atoms with van der Waals surface area (Å²) in [5, 5.41) is 4.36. The molecule has 2 aliphatic rings. The molecule has 1 N–H and O–H groups in total. The summed E-state index contributed by atoms with van der Waals surface area (Å²) in [6.45, 7) is 10.9. The molecule has 0 saturated carbocycles. The zero-order valence-corrected chi connectivity index (χ0v) is 11.0. The maximum Gasteiger partial charge on any atom is 0.0184 e. The van der Waals surface area contributed by atoms with Gasteiger partial charge in [0.05, 0.1) is 0 Å². The van der Waals surface area contributed by atoms with Gasteiger partial charge in [-0.3, -0.25) is 4.90 Å². The van der Waals surface area contributed by atoms with Crippen LogP contribution in [-0.2, 0) is 0 Å². The summed E-state index contributed by atoms with van der Waals surface area (Å²) in [6.07, 6.45) is 1.37. The van der Waals surface area contributed by atoms with E-state index in [9.17, 15) is 0 Å². The fourth-order valence-corrected chi connectivity index (χ4v) is 3.88. The molecule has 2 saturated heterocycles. The van der Waals surface area contributed by atoms with E-state index < -0.39 is 0 Å². The summed E-state index contributed by atoms with van der Waals surface area (Å²) < 4.78 is 0. The Morgan fingerprint density at radius 1 is 1.33 bits per heavy atom. The van der Waals surface area contributed by atoms with Crippen LogP contribution in [0.25, 0.3) is 0 Å². The second-order valence-corrected chi connectivity index (χ2v) is 6.59. The van der Waals surface area contributed by atoms with Crippen molar-refractivity contribution in [2.24, 2.45) is 5.92 Å². The van der Waals surface area contributed by atoms with Crippen molar-refractivity contribution < 1.29 is 0 Å². The van der Waals surface area contributed by atoms with Crippen LogP contribution in [0.1, 0.15) is 27.2 Å². The lowest BCUT2D eigenvalue weighted by Gasteiger charge is -2.39. The van der Waals surface area contributed by atoms with Crippen LogP contribution in [0.3, 0.4) is 0 Å². The summed E-state index contributed by atoms with van der Waals surface area (Å²) in [5.74, 6) is 2.20. The lowest BCUT2D eigenvalue weighted by molar-refractivity contribution is 0.175. The molecule has 0 radical (unpaired) electrons. The van der Waals surface area contributed by atoms with Crippen molar-refractivity contribution in [2.75, 3.05) is 25.4 Å². The molecule has 4 unspecified atom stereocenters. The third-order valence-corrected chi connectivity index (χ3v) is 5.51. The molecule has 4 atom stereocenters. The van der Waals surface area contributed by atoms with Crippen molar-refractivity contribution in [3.63, 3.8) is 0 Å². The Hall–Kier alpha value is 0.270. The third-order valence-electron chi connectivity index (χ3n) is 4.17. The van der Waals surface area contributed by atoms with Gasteiger partial charge in [0.2, 0.25) is 0 Å². The van der Waals surface area contributed by atoms with Crippen LogP contribution in [0.5, 0.6) is 0 Å². The molecule has 0 amide bonds. The van der Waals surface area contributed by atoms with E-state index in [4.69, 9.17) is 0 Å². The first-order valence-electron chi connectivity index (χ1n) is 6.27. The van der Waals surface area contributed by atoms with Crippen molar-refractivity contribution in [3.8, 4) is 0 Å². The molecule has 2 fully saturated rings. The molecular formula is C12H24N2S. The Balaban J connectivity index is 1.87. The summed E-state index contributed by atoms with van der Waals surface area (Å²) in [6, 6.07) is 1.48. The summed E-state index contributed by atoms with van der Waals surface area (Å²) in [7, 11) is 0. The first kappa shape index (κ1) is 11.7. The Labute approximate surface area is 98.2 Å².